The molecule has 0 fully saturated rings. The maximum absolute atomic E-state index is 10.8. The smallest absolute Gasteiger partial charge is 0.115 e. The van der Waals surface area contributed by atoms with Gasteiger partial charge >= 0.3 is 0 Å². The van der Waals surface area contributed by atoms with Gasteiger partial charge in [0.2, 0.25) is 0 Å². The second-order valence-electron chi connectivity index (χ2n) is 6.51. The molecule has 0 aliphatic heterocycles. The minimum absolute atomic E-state index is 0.288. The highest BCUT2D eigenvalue weighted by molar-refractivity contribution is 5.24. The van der Waals surface area contributed by atoms with Crippen molar-refractivity contribution in [2.24, 2.45) is 0 Å². The van der Waals surface area contributed by atoms with Crippen molar-refractivity contribution in [2.45, 2.75) is 50.4 Å². The monoisotopic (exact) mass is 314 g/mol. The van der Waals surface area contributed by atoms with E-state index >= 15 is 0 Å². The fourth-order valence-electron chi connectivity index (χ4n) is 3.07. The molecular formula is C20H26O3. The molecule has 0 aliphatic carbocycles. The highest BCUT2D eigenvalue weighted by Gasteiger charge is 2.43. The SMILES string of the molecule is C[C@@H](c1ccccc1)[C@@H](O)C(C)(O)[C@H](O)[C@@H](C)c1ccccc1. The van der Waals surface area contributed by atoms with Crippen LogP contribution in [-0.2, 0) is 0 Å². The van der Waals surface area contributed by atoms with Gasteiger partial charge < -0.3 is 15.3 Å². The Labute approximate surface area is 138 Å². The summed E-state index contributed by atoms with van der Waals surface area (Å²) in [5.41, 5.74) is 0.240. The summed E-state index contributed by atoms with van der Waals surface area (Å²) in [4.78, 5) is 0. The summed E-state index contributed by atoms with van der Waals surface area (Å²) in [5.74, 6) is -0.576. The maximum Gasteiger partial charge on any atom is 0.115 e. The van der Waals surface area contributed by atoms with Crippen molar-refractivity contribution in [3.8, 4) is 0 Å². The van der Waals surface area contributed by atoms with Gasteiger partial charge in [-0.25, -0.2) is 0 Å². The second kappa shape index (κ2) is 7.26. The van der Waals surface area contributed by atoms with E-state index in [1.807, 2.05) is 74.5 Å². The zero-order valence-electron chi connectivity index (χ0n) is 13.9. The Morgan fingerprint density at radius 1 is 0.696 bits per heavy atom. The van der Waals surface area contributed by atoms with E-state index in [0.29, 0.717) is 0 Å². The van der Waals surface area contributed by atoms with Crippen molar-refractivity contribution in [2.75, 3.05) is 0 Å². The van der Waals surface area contributed by atoms with E-state index in [-0.39, 0.29) is 11.8 Å². The number of benzene rings is 2. The zero-order valence-corrected chi connectivity index (χ0v) is 13.9. The summed E-state index contributed by atoms with van der Waals surface area (Å²) >= 11 is 0. The van der Waals surface area contributed by atoms with Crippen LogP contribution in [0.3, 0.4) is 0 Å². The lowest BCUT2D eigenvalue weighted by Crippen LogP contribution is -2.53. The Kier molecular flexibility index (Phi) is 5.58. The lowest BCUT2D eigenvalue weighted by atomic mass is 9.76. The van der Waals surface area contributed by atoms with Gasteiger partial charge in [0.25, 0.3) is 0 Å². The lowest BCUT2D eigenvalue weighted by Gasteiger charge is -2.39. The van der Waals surface area contributed by atoms with Crippen LogP contribution in [0.25, 0.3) is 0 Å². The molecule has 3 N–H and O–H groups in total. The van der Waals surface area contributed by atoms with Crippen LogP contribution in [0.5, 0.6) is 0 Å². The first-order chi connectivity index (χ1) is 10.9. The summed E-state index contributed by atoms with van der Waals surface area (Å²) < 4.78 is 0. The van der Waals surface area contributed by atoms with E-state index in [9.17, 15) is 15.3 Å². The molecule has 23 heavy (non-hydrogen) atoms. The quantitative estimate of drug-likeness (QED) is 0.768. The van der Waals surface area contributed by atoms with Crippen LogP contribution < -0.4 is 0 Å². The predicted octanol–water partition coefficient (Wildman–Crippen LogP) is 3.07. The molecule has 3 nitrogen and oxygen atoms in total. The van der Waals surface area contributed by atoms with Gasteiger partial charge in [-0.3, -0.25) is 0 Å². The first kappa shape index (κ1) is 17.7. The molecule has 0 unspecified atom stereocenters. The van der Waals surface area contributed by atoms with Gasteiger partial charge in [-0.2, -0.15) is 0 Å². The van der Waals surface area contributed by atoms with Gasteiger partial charge in [-0.05, 0) is 18.1 Å². The number of aliphatic hydroxyl groups is 3. The number of hydrogen-bond acceptors (Lipinski definition) is 3. The van der Waals surface area contributed by atoms with Crippen LogP contribution in [0.1, 0.15) is 43.7 Å². The van der Waals surface area contributed by atoms with Gasteiger partial charge in [0.05, 0.1) is 12.2 Å². The van der Waals surface area contributed by atoms with Crippen LogP contribution in [0, 0.1) is 0 Å². The molecule has 4 atom stereocenters. The summed E-state index contributed by atoms with van der Waals surface area (Å²) in [6.45, 7) is 5.21. The second-order valence-corrected chi connectivity index (χ2v) is 6.51. The Morgan fingerprint density at radius 3 is 1.30 bits per heavy atom. The molecule has 2 aromatic rings. The first-order valence-electron chi connectivity index (χ1n) is 8.04. The molecule has 0 spiro atoms. The van der Waals surface area contributed by atoms with Crippen molar-refractivity contribution in [3.05, 3.63) is 71.8 Å². The van der Waals surface area contributed by atoms with Crippen molar-refractivity contribution >= 4 is 0 Å². The summed E-state index contributed by atoms with van der Waals surface area (Å²) in [5, 5.41) is 32.1. The average molecular weight is 314 g/mol. The highest BCUT2D eigenvalue weighted by atomic mass is 16.4. The number of aliphatic hydroxyl groups excluding tert-OH is 2. The average Bonchev–Trinajstić information content (AvgIpc) is 2.60. The van der Waals surface area contributed by atoms with Gasteiger partial charge in [0.15, 0.2) is 0 Å². The Hall–Kier alpha value is -1.68. The number of hydrogen-bond donors (Lipinski definition) is 3. The van der Waals surface area contributed by atoms with Gasteiger partial charge in [-0.1, -0.05) is 74.5 Å². The molecule has 0 aromatic heterocycles. The molecule has 0 bridgehead atoms. The largest absolute Gasteiger partial charge is 0.389 e. The molecule has 2 rings (SSSR count). The molecule has 2 aromatic carbocycles. The molecule has 0 aliphatic rings. The van der Waals surface area contributed by atoms with E-state index in [0.717, 1.165) is 11.1 Å². The zero-order chi connectivity index (χ0) is 17.0. The predicted molar refractivity (Wildman–Crippen MR) is 92.4 cm³/mol. The molecule has 0 radical (unpaired) electrons. The van der Waals surface area contributed by atoms with E-state index in [1.165, 1.54) is 6.92 Å². The van der Waals surface area contributed by atoms with Gasteiger partial charge in [-0.15, -0.1) is 0 Å². The minimum Gasteiger partial charge on any atom is -0.389 e. The van der Waals surface area contributed by atoms with Crippen molar-refractivity contribution in [1.29, 1.82) is 0 Å². The van der Waals surface area contributed by atoms with E-state index in [1.54, 1.807) is 0 Å². The maximum atomic E-state index is 10.8. The molecule has 0 saturated heterocycles. The third-order valence-electron chi connectivity index (χ3n) is 4.80. The third-order valence-corrected chi connectivity index (χ3v) is 4.80. The molecule has 0 heterocycles. The van der Waals surface area contributed by atoms with Gasteiger partial charge in [0, 0.05) is 11.8 Å². The fraction of sp³-hybridized carbons (Fsp3) is 0.400. The summed E-state index contributed by atoms with van der Waals surface area (Å²) in [6.07, 6.45) is -2.16. The van der Waals surface area contributed by atoms with Crippen LogP contribution >= 0.6 is 0 Å². The Morgan fingerprint density at radius 2 is 1.00 bits per heavy atom. The normalized spacial score (nSPS) is 17.3. The Balaban J connectivity index is 2.19. The topological polar surface area (TPSA) is 60.7 Å². The van der Waals surface area contributed by atoms with Crippen molar-refractivity contribution in [3.63, 3.8) is 0 Å². The van der Waals surface area contributed by atoms with E-state index in [4.69, 9.17) is 0 Å². The van der Waals surface area contributed by atoms with Crippen LogP contribution in [0.4, 0.5) is 0 Å². The first-order valence-corrected chi connectivity index (χ1v) is 8.04. The van der Waals surface area contributed by atoms with Crippen LogP contribution in [0.15, 0.2) is 60.7 Å². The molecule has 0 amide bonds. The van der Waals surface area contributed by atoms with Crippen LogP contribution in [-0.4, -0.2) is 33.1 Å². The van der Waals surface area contributed by atoms with Crippen molar-refractivity contribution in [1.82, 2.24) is 0 Å². The standard InChI is InChI=1S/C20H26O3/c1-14(16-10-6-4-7-11-16)18(21)20(3,23)19(22)15(2)17-12-8-5-9-13-17/h4-15,18-19,21-23H,1-3H3/t14-,15-,18+,19+/m0/s1. The van der Waals surface area contributed by atoms with E-state index < -0.39 is 17.8 Å². The number of rotatable bonds is 6. The van der Waals surface area contributed by atoms with E-state index in [2.05, 4.69) is 0 Å². The molecular weight excluding hydrogens is 288 g/mol. The van der Waals surface area contributed by atoms with Crippen molar-refractivity contribution < 1.29 is 15.3 Å². The summed E-state index contributed by atoms with van der Waals surface area (Å²) in [7, 11) is 0. The third kappa shape index (κ3) is 3.81. The Bertz CT molecular complexity index is 541. The highest BCUT2D eigenvalue weighted by Crippen LogP contribution is 2.34. The van der Waals surface area contributed by atoms with Crippen LogP contribution in [0.2, 0.25) is 0 Å². The molecule has 124 valence electrons. The molecule has 0 saturated carbocycles. The fourth-order valence-corrected chi connectivity index (χ4v) is 3.07. The lowest BCUT2D eigenvalue weighted by molar-refractivity contribution is -0.146. The summed E-state index contributed by atoms with van der Waals surface area (Å²) in [6, 6.07) is 19.1. The molecule has 3 heteroatoms. The van der Waals surface area contributed by atoms with Gasteiger partial charge in [0.1, 0.15) is 5.60 Å². The minimum atomic E-state index is -1.62.